The fourth-order valence-corrected chi connectivity index (χ4v) is 4.05. The van der Waals surface area contributed by atoms with Gasteiger partial charge >= 0.3 is 0 Å². The molecule has 0 radical (unpaired) electrons. The summed E-state index contributed by atoms with van der Waals surface area (Å²) in [5.74, 6) is 2.22. The first-order valence-corrected chi connectivity index (χ1v) is 8.92. The third-order valence-electron chi connectivity index (χ3n) is 4.12. The van der Waals surface area contributed by atoms with Gasteiger partial charge in [0.25, 0.3) is 0 Å². The zero-order valence-electron chi connectivity index (χ0n) is 13.9. The Morgan fingerprint density at radius 1 is 1.43 bits per heavy atom. The molecule has 2 fully saturated rings. The van der Waals surface area contributed by atoms with Gasteiger partial charge in [-0.1, -0.05) is 0 Å². The predicted molar refractivity (Wildman–Crippen MR) is 91.3 cm³/mol. The summed E-state index contributed by atoms with van der Waals surface area (Å²) < 4.78 is 5.80. The fraction of sp³-hybridized carbons (Fsp3) is 0.933. The van der Waals surface area contributed by atoms with Gasteiger partial charge in [-0.25, -0.2) is 0 Å². The van der Waals surface area contributed by atoms with E-state index in [1.165, 1.54) is 5.75 Å². The molecule has 0 aliphatic carbocycles. The highest BCUT2D eigenvalue weighted by atomic mass is 32.2. The predicted octanol–water partition coefficient (Wildman–Crippen LogP) is 1.11. The highest BCUT2D eigenvalue weighted by Crippen LogP contribution is 2.29. The molecule has 21 heavy (non-hydrogen) atoms. The van der Waals surface area contributed by atoms with Crippen LogP contribution in [0.5, 0.6) is 0 Å². The Hall–Kier alpha value is -0.460. The SMILES string of the molecule is CN=C(NCCN1CCOCC1C)N1CCSC(C)(C)C1. The minimum atomic E-state index is 0.314. The molecular weight excluding hydrogens is 284 g/mol. The molecule has 0 amide bonds. The molecule has 1 atom stereocenters. The minimum Gasteiger partial charge on any atom is -0.379 e. The van der Waals surface area contributed by atoms with Crippen LogP contribution in [0.4, 0.5) is 0 Å². The van der Waals surface area contributed by atoms with E-state index in [4.69, 9.17) is 4.74 Å². The van der Waals surface area contributed by atoms with E-state index in [1.807, 2.05) is 7.05 Å². The van der Waals surface area contributed by atoms with Crippen LogP contribution in [0.25, 0.3) is 0 Å². The Balaban J connectivity index is 1.77. The second kappa shape index (κ2) is 7.70. The summed E-state index contributed by atoms with van der Waals surface area (Å²) in [7, 11) is 1.88. The lowest BCUT2D eigenvalue weighted by Gasteiger charge is -2.39. The molecule has 0 aromatic rings. The molecule has 5 nitrogen and oxygen atoms in total. The molecule has 2 saturated heterocycles. The van der Waals surface area contributed by atoms with Crippen molar-refractivity contribution in [2.45, 2.75) is 31.6 Å². The first-order chi connectivity index (χ1) is 10.0. The van der Waals surface area contributed by atoms with Crippen molar-refractivity contribution >= 4 is 17.7 Å². The Kier molecular flexibility index (Phi) is 6.20. The van der Waals surface area contributed by atoms with Gasteiger partial charge in [0, 0.05) is 56.3 Å². The highest BCUT2D eigenvalue weighted by Gasteiger charge is 2.28. The van der Waals surface area contributed by atoms with Crippen LogP contribution in [-0.2, 0) is 4.74 Å². The van der Waals surface area contributed by atoms with Crippen LogP contribution in [-0.4, -0.2) is 85.3 Å². The van der Waals surface area contributed by atoms with Crippen molar-refractivity contribution in [2.75, 3.05) is 58.7 Å². The summed E-state index contributed by atoms with van der Waals surface area (Å²) >= 11 is 2.05. The molecule has 0 aromatic carbocycles. The molecule has 2 aliphatic heterocycles. The maximum atomic E-state index is 5.48. The van der Waals surface area contributed by atoms with E-state index in [2.05, 4.69) is 52.6 Å². The van der Waals surface area contributed by atoms with Gasteiger partial charge in [-0.2, -0.15) is 11.8 Å². The lowest BCUT2D eigenvalue weighted by molar-refractivity contribution is 0.000824. The molecule has 6 heteroatoms. The van der Waals surface area contributed by atoms with E-state index in [1.54, 1.807) is 0 Å². The molecule has 0 bridgehead atoms. The van der Waals surface area contributed by atoms with Crippen LogP contribution in [0.1, 0.15) is 20.8 Å². The number of nitrogens with one attached hydrogen (secondary N) is 1. The molecule has 0 spiro atoms. The van der Waals surface area contributed by atoms with Gasteiger partial charge in [0.15, 0.2) is 5.96 Å². The number of nitrogens with zero attached hydrogens (tertiary/aromatic N) is 3. The lowest BCUT2D eigenvalue weighted by atomic mass is 10.2. The molecule has 2 rings (SSSR count). The van der Waals surface area contributed by atoms with Crippen molar-refractivity contribution in [3.63, 3.8) is 0 Å². The van der Waals surface area contributed by atoms with Crippen LogP contribution < -0.4 is 5.32 Å². The summed E-state index contributed by atoms with van der Waals surface area (Å²) in [5, 5.41) is 3.53. The van der Waals surface area contributed by atoms with E-state index < -0.39 is 0 Å². The molecular formula is C15H30N4OS. The first-order valence-electron chi connectivity index (χ1n) is 7.93. The van der Waals surface area contributed by atoms with Crippen molar-refractivity contribution in [3.8, 4) is 0 Å². The van der Waals surface area contributed by atoms with Crippen LogP contribution in [0.2, 0.25) is 0 Å². The smallest absolute Gasteiger partial charge is 0.193 e. The van der Waals surface area contributed by atoms with Gasteiger partial charge in [0.1, 0.15) is 0 Å². The molecule has 122 valence electrons. The number of morpholine rings is 1. The maximum Gasteiger partial charge on any atom is 0.193 e. The first kappa shape index (κ1) is 16.9. The zero-order valence-corrected chi connectivity index (χ0v) is 14.7. The number of guanidine groups is 1. The quantitative estimate of drug-likeness (QED) is 0.624. The van der Waals surface area contributed by atoms with E-state index >= 15 is 0 Å². The van der Waals surface area contributed by atoms with Gasteiger partial charge in [-0.3, -0.25) is 9.89 Å². The van der Waals surface area contributed by atoms with Crippen LogP contribution in [0, 0.1) is 0 Å². The van der Waals surface area contributed by atoms with Crippen molar-refractivity contribution in [1.82, 2.24) is 15.1 Å². The molecule has 1 unspecified atom stereocenters. The Morgan fingerprint density at radius 3 is 2.90 bits per heavy atom. The fourth-order valence-electron chi connectivity index (χ4n) is 2.93. The van der Waals surface area contributed by atoms with E-state index in [-0.39, 0.29) is 0 Å². The average molecular weight is 314 g/mol. The highest BCUT2D eigenvalue weighted by molar-refractivity contribution is 8.00. The molecule has 2 aliphatic rings. The van der Waals surface area contributed by atoms with Crippen LogP contribution in [0.15, 0.2) is 4.99 Å². The number of rotatable bonds is 3. The van der Waals surface area contributed by atoms with Crippen LogP contribution in [0.3, 0.4) is 0 Å². The summed E-state index contributed by atoms with van der Waals surface area (Å²) in [6.45, 7) is 13.7. The number of aliphatic imine (C=N–C) groups is 1. The second-order valence-electron chi connectivity index (χ2n) is 6.46. The summed E-state index contributed by atoms with van der Waals surface area (Å²) in [6.07, 6.45) is 0. The second-order valence-corrected chi connectivity index (χ2v) is 8.27. The van der Waals surface area contributed by atoms with Crippen molar-refractivity contribution in [1.29, 1.82) is 0 Å². The minimum absolute atomic E-state index is 0.314. The van der Waals surface area contributed by atoms with Crippen molar-refractivity contribution in [3.05, 3.63) is 0 Å². The van der Waals surface area contributed by atoms with Crippen LogP contribution >= 0.6 is 11.8 Å². The molecule has 0 aromatic heterocycles. The van der Waals surface area contributed by atoms with E-state index in [0.717, 1.165) is 51.9 Å². The Labute approximate surface area is 133 Å². The summed E-state index contributed by atoms with van der Waals surface area (Å²) in [6, 6.07) is 0.521. The molecule has 2 heterocycles. The van der Waals surface area contributed by atoms with Gasteiger partial charge in [0.2, 0.25) is 0 Å². The maximum absolute atomic E-state index is 5.48. The number of ether oxygens (including phenoxy) is 1. The van der Waals surface area contributed by atoms with Gasteiger partial charge in [0.05, 0.1) is 13.2 Å². The Bertz CT molecular complexity index is 362. The third-order valence-corrected chi connectivity index (χ3v) is 5.42. The topological polar surface area (TPSA) is 40.1 Å². The zero-order chi connectivity index (χ0) is 15.3. The van der Waals surface area contributed by atoms with Gasteiger partial charge < -0.3 is 15.0 Å². The summed E-state index contributed by atoms with van der Waals surface area (Å²) in [5.41, 5.74) is 0. The number of hydrogen-bond acceptors (Lipinski definition) is 4. The van der Waals surface area contributed by atoms with E-state index in [9.17, 15) is 0 Å². The molecule has 1 N–H and O–H groups in total. The standard InChI is InChI=1S/C15H30N4OS/c1-13-11-20-9-7-18(13)6-5-17-14(16-4)19-8-10-21-15(2,3)12-19/h13H,5-12H2,1-4H3,(H,16,17). The van der Waals surface area contributed by atoms with Gasteiger partial charge in [-0.15, -0.1) is 0 Å². The Morgan fingerprint density at radius 2 is 2.24 bits per heavy atom. The van der Waals surface area contributed by atoms with Gasteiger partial charge in [-0.05, 0) is 20.8 Å². The normalized spacial score (nSPS) is 27.7. The number of hydrogen-bond donors (Lipinski definition) is 1. The molecule has 0 saturated carbocycles. The lowest BCUT2D eigenvalue weighted by Crippen LogP contribution is -2.53. The number of thioether (sulfide) groups is 1. The third kappa shape index (κ3) is 5.04. The monoisotopic (exact) mass is 314 g/mol. The van der Waals surface area contributed by atoms with Crippen molar-refractivity contribution in [2.24, 2.45) is 4.99 Å². The van der Waals surface area contributed by atoms with Crippen molar-refractivity contribution < 1.29 is 4.74 Å². The van der Waals surface area contributed by atoms with E-state index in [0.29, 0.717) is 10.8 Å². The largest absolute Gasteiger partial charge is 0.379 e. The summed E-state index contributed by atoms with van der Waals surface area (Å²) in [4.78, 5) is 9.33. The average Bonchev–Trinajstić information content (AvgIpc) is 2.44.